The number of nitrogens with zero attached hydrogens (tertiary/aromatic N) is 3. The van der Waals surface area contributed by atoms with Crippen molar-refractivity contribution in [1.29, 1.82) is 0 Å². The Hall–Kier alpha value is -1.92. The maximum Gasteiger partial charge on any atom is 0.368 e. The van der Waals surface area contributed by atoms with E-state index in [9.17, 15) is 10.1 Å². The fraction of sp³-hybridized carbons (Fsp3) is 0.167. The lowest BCUT2D eigenvalue weighted by Gasteiger charge is -2.09. The van der Waals surface area contributed by atoms with Crippen LogP contribution in [0.2, 0.25) is 10.2 Å². The topological polar surface area (TPSA) is 78.2 Å². The molecule has 0 radical (unpaired) electrons. The van der Waals surface area contributed by atoms with Crippen molar-refractivity contribution >= 4 is 28.9 Å². The second kappa shape index (κ2) is 5.60. The van der Waals surface area contributed by atoms with E-state index in [4.69, 9.17) is 27.9 Å². The summed E-state index contributed by atoms with van der Waals surface area (Å²) in [5, 5.41) is 11.3. The molecule has 0 aliphatic heterocycles. The molecule has 2 rings (SSSR count). The van der Waals surface area contributed by atoms with E-state index in [0.717, 1.165) is 17.5 Å². The molecular formula is C12H9Cl2N3O3. The molecule has 0 fully saturated rings. The average Bonchev–Trinajstić information content (AvgIpc) is 2.35. The summed E-state index contributed by atoms with van der Waals surface area (Å²) in [6, 6.07) is 3.32. The molecule has 6 nitrogen and oxygen atoms in total. The molecule has 1 aromatic heterocycles. The Morgan fingerprint density at radius 1 is 1.20 bits per heavy atom. The number of ether oxygens (including phenoxy) is 1. The fourth-order valence-electron chi connectivity index (χ4n) is 1.65. The molecule has 1 heterocycles. The van der Waals surface area contributed by atoms with Crippen molar-refractivity contribution in [1.82, 2.24) is 9.97 Å². The van der Waals surface area contributed by atoms with Gasteiger partial charge in [-0.15, -0.1) is 0 Å². The van der Waals surface area contributed by atoms with Crippen LogP contribution in [0, 0.1) is 24.0 Å². The minimum absolute atomic E-state index is 0.212. The van der Waals surface area contributed by atoms with E-state index in [1.807, 2.05) is 13.8 Å². The molecule has 104 valence electrons. The largest absolute Gasteiger partial charge is 0.434 e. The van der Waals surface area contributed by atoms with Gasteiger partial charge in [0.15, 0.2) is 0 Å². The van der Waals surface area contributed by atoms with Crippen LogP contribution in [0.25, 0.3) is 0 Å². The number of halogens is 2. The highest BCUT2D eigenvalue weighted by Gasteiger charge is 2.23. The van der Waals surface area contributed by atoms with Gasteiger partial charge in [0.25, 0.3) is 0 Å². The molecule has 2 aromatic rings. The van der Waals surface area contributed by atoms with Crippen molar-refractivity contribution in [3.63, 3.8) is 0 Å². The van der Waals surface area contributed by atoms with Gasteiger partial charge in [0.2, 0.25) is 5.15 Å². The smallest absolute Gasteiger partial charge is 0.368 e. The van der Waals surface area contributed by atoms with Crippen molar-refractivity contribution in [2.45, 2.75) is 13.8 Å². The third-order valence-electron chi connectivity index (χ3n) is 2.55. The molecule has 1 aromatic carbocycles. The first-order valence-corrected chi connectivity index (χ1v) is 6.25. The quantitative estimate of drug-likeness (QED) is 0.484. The van der Waals surface area contributed by atoms with Gasteiger partial charge in [-0.25, -0.2) is 4.98 Å². The molecule has 0 amide bonds. The number of aromatic nitrogens is 2. The summed E-state index contributed by atoms with van der Waals surface area (Å²) in [6.45, 7) is 3.62. The molecule has 8 heteroatoms. The normalized spacial score (nSPS) is 10.4. The first-order chi connectivity index (χ1) is 9.40. The summed E-state index contributed by atoms with van der Waals surface area (Å²) in [5.41, 5.74) is 1.12. The van der Waals surface area contributed by atoms with Gasteiger partial charge in [-0.1, -0.05) is 23.2 Å². The van der Waals surface area contributed by atoms with E-state index in [2.05, 4.69) is 9.97 Å². The number of benzene rings is 1. The molecule has 0 N–H and O–H groups in total. The standard InChI is InChI=1S/C12H9Cl2N3O3/c1-6-3-8(4-7(2)9(6)13)20-12-10(17(18)19)11(14)15-5-16-12/h3-5H,1-2H3. The third kappa shape index (κ3) is 2.81. The molecule has 0 spiro atoms. The first-order valence-electron chi connectivity index (χ1n) is 5.49. The van der Waals surface area contributed by atoms with Crippen LogP contribution >= 0.6 is 23.2 Å². The average molecular weight is 314 g/mol. The summed E-state index contributed by atoms with van der Waals surface area (Å²) in [4.78, 5) is 17.6. The zero-order chi connectivity index (χ0) is 14.9. The zero-order valence-electron chi connectivity index (χ0n) is 10.6. The molecule has 0 saturated carbocycles. The summed E-state index contributed by atoms with van der Waals surface area (Å²) in [7, 11) is 0. The summed E-state index contributed by atoms with van der Waals surface area (Å²) in [6.07, 6.45) is 1.10. The second-order valence-electron chi connectivity index (χ2n) is 4.05. The fourth-order valence-corrected chi connectivity index (χ4v) is 1.95. The van der Waals surface area contributed by atoms with Gasteiger partial charge in [-0.2, -0.15) is 4.98 Å². The van der Waals surface area contributed by atoms with Crippen LogP contribution < -0.4 is 4.74 Å². The van der Waals surface area contributed by atoms with Crippen LogP contribution in [0.5, 0.6) is 11.6 Å². The molecule has 0 aliphatic carbocycles. The van der Waals surface area contributed by atoms with Gasteiger partial charge in [-0.05, 0) is 37.1 Å². The monoisotopic (exact) mass is 313 g/mol. The molecule has 0 saturated heterocycles. The van der Waals surface area contributed by atoms with E-state index in [1.165, 1.54) is 0 Å². The SMILES string of the molecule is Cc1cc(Oc2ncnc(Cl)c2[N+](=O)[O-])cc(C)c1Cl. The highest BCUT2D eigenvalue weighted by molar-refractivity contribution is 6.32. The number of rotatable bonds is 3. The predicted molar refractivity (Wildman–Crippen MR) is 74.7 cm³/mol. The van der Waals surface area contributed by atoms with Crippen molar-refractivity contribution < 1.29 is 9.66 Å². The van der Waals surface area contributed by atoms with E-state index in [0.29, 0.717) is 10.8 Å². The lowest BCUT2D eigenvalue weighted by molar-refractivity contribution is -0.386. The predicted octanol–water partition coefficient (Wildman–Crippen LogP) is 4.10. The lowest BCUT2D eigenvalue weighted by atomic mass is 10.1. The van der Waals surface area contributed by atoms with Crippen molar-refractivity contribution in [3.05, 3.63) is 49.9 Å². The van der Waals surface area contributed by atoms with Crippen molar-refractivity contribution in [3.8, 4) is 11.6 Å². The Labute approximate surface area is 124 Å². The van der Waals surface area contributed by atoms with Gasteiger partial charge in [0.1, 0.15) is 12.1 Å². The number of nitro groups is 1. The number of aryl methyl sites for hydroxylation is 2. The highest BCUT2D eigenvalue weighted by Crippen LogP contribution is 2.35. The Balaban J connectivity index is 2.45. The minimum Gasteiger partial charge on any atom is -0.434 e. The van der Waals surface area contributed by atoms with E-state index >= 15 is 0 Å². The molecular weight excluding hydrogens is 305 g/mol. The van der Waals surface area contributed by atoms with E-state index < -0.39 is 10.6 Å². The highest BCUT2D eigenvalue weighted by atomic mass is 35.5. The van der Waals surface area contributed by atoms with Gasteiger partial charge < -0.3 is 4.74 Å². The number of hydrogen-bond acceptors (Lipinski definition) is 5. The lowest BCUT2D eigenvalue weighted by Crippen LogP contribution is -1.99. The van der Waals surface area contributed by atoms with Crippen LogP contribution in [-0.4, -0.2) is 14.9 Å². The van der Waals surface area contributed by atoms with Gasteiger partial charge in [0.05, 0.1) is 4.92 Å². The third-order valence-corrected chi connectivity index (χ3v) is 3.42. The maximum atomic E-state index is 11.0. The Morgan fingerprint density at radius 2 is 1.80 bits per heavy atom. The van der Waals surface area contributed by atoms with Gasteiger partial charge in [0, 0.05) is 5.02 Å². The maximum absolute atomic E-state index is 11.0. The molecule has 0 atom stereocenters. The summed E-state index contributed by atoms with van der Waals surface area (Å²) >= 11 is 11.7. The summed E-state index contributed by atoms with van der Waals surface area (Å²) < 4.78 is 5.43. The number of hydrogen-bond donors (Lipinski definition) is 0. The van der Waals surface area contributed by atoms with Crippen LogP contribution in [0.1, 0.15) is 11.1 Å². The molecule has 0 bridgehead atoms. The van der Waals surface area contributed by atoms with Crippen LogP contribution in [0.3, 0.4) is 0 Å². The van der Waals surface area contributed by atoms with Crippen LogP contribution in [0.4, 0.5) is 5.69 Å². The molecule has 20 heavy (non-hydrogen) atoms. The van der Waals surface area contributed by atoms with Crippen LogP contribution in [-0.2, 0) is 0 Å². The Morgan fingerprint density at radius 3 is 2.35 bits per heavy atom. The molecule has 0 aliphatic rings. The first kappa shape index (κ1) is 14.5. The second-order valence-corrected chi connectivity index (χ2v) is 4.78. The van der Waals surface area contributed by atoms with Crippen LogP contribution in [0.15, 0.2) is 18.5 Å². The summed E-state index contributed by atoms with van der Waals surface area (Å²) in [5.74, 6) is 0.179. The van der Waals surface area contributed by atoms with Crippen molar-refractivity contribution in [2.24, 2.45) is 0 Å². The Kier molecular flexibility index (Phi) is 4.06. The zero-order valence-corrected chi connectivity index (χ0v) is 12.1. The van der Waals surface area contributed by atoms with Gasteiger partial charge >= 0.3 is 11.6 Å². The van der Waals surface area contributed by atoms with Crippen molar-refractivity contribution in [2.75, 3.05) is 0 Å². The van der Waals surface area contributed by atoms with E-state index in [-0.39, 0.29) is 11.0 Å². The van der Waals surface area contributed by atoms with Gasteiger partial charge in [-0.3, -0.25) is 10.1 Å². The molecule has 0 unspecified atom stereocenters. The Bertz CT molecular complexity index is 669. The van der Waals surface area contributed by atoms with E-state index in [1.54, 1.807) is 12.1 Å². The minimum atomic E-state index is -0.687.